The zero-order valence-corrected chi connectivity index (χ0v) is 11.6. The summed E-state index contributed by atoms with van der Waals surface area (Å²) in [7, 11) is 2.04. The molecule has 0 amide bonds. The average Bonchev–Trinajstić information content (AvgIpc) is 3.14. The lowest BCUT2D eigenvalue weighted by Gasteiger charge is -2.38. The Morgan fingerprint density at radius 3 is 2.47 bits per heavy atom. The summed E-state index contributed by atoms with van der Waals surface area (Å²) in [5, 5.41) is 3.23. The van der Waals surface area contributed by atoms with Crippen LogP contribution in [0.2, 0.25) is 0 Å². The fourth-order valence-corrected chi connectivity index (χ4v) is 2.81. The molecule has 2 aliphatic rings. The minimum absolute atomic E-state index is 0.770. The van der Waals surface area contributed by atoms with Crippen LogP contribution in [0.1, 0.15) is 32.6 Å². The van der Waals surface area contributed by atoms with Crippen LogP contribution in [0.3, 0.4) is 0 Å². The van der Waals surface area contributed by atoms with E-state index >= 15 is 0 Å². The summed E-state index contributed by atoms with van der Waals surface area (Å²) in [6, 6.07) is 0.770. The van der Waals surface area contributed by atoms with Crippen molar-refractivity contribution in [3.8, 4) is 0 Å². The van der Waals surface area contributed by atoms with Gasteiger partial charge < -0.3 is 10.2 Å². The standard InChI is InChI=1S/C14H29N3/c1-13(4-3-7-15-2)17-10-8-16(9-11-17)12-14-5-6-14/h13-15H,3-12H2,1-2H3. The number of nitrogens with zero attached hydrogens (tertiary/aromatic N) is 2. The third kappa shape index (κ3) is 4.57. The predicted molar refractivity (Wildman–Crippen MR) is 73.4 cm³/mol. The van der Waals surface area contributed by atoms with Gasteiger partial charge in [0.15, 0.2) is 0 Å². The Morgan fingerprint density at radius 2 is 1.88 bits per heavy atom. The number of hydrogen-bond acceptors (Lipinski definition) is 3. The van der Waals surface area contributed by atoms with Gasteiger partial charge in [-0.05, 0) is 52.1 Å². The predicted octanol–water partition coefficient (Wildman–Crippen LogP) is 1.40. The van der Waals surface area contributed by atoms with E-state index in [1.54, 1.807) is 0 Å². The number of rotatable bonds is 7. The quantitative estimate of drug-likeness (QED) is 0.678. The van der Waals surface area contributed by atoms with Crippen LogP contribution in [-0.2, 0) is 0 Å². The van der Waals surface area contributed by atoms with Crippen molar-refractivity contribution in [3.63, 3.8) is 0 Å². The molecule has 1 unspecified atom stereocenters. The summed E-state index contributed by atoms with van der Waals surface area (Å²) in [5.74, 6) is 1.05. The van der Waals surface area contributed by atoms with Gasteiger partial charge in [0, 0.05) is 38.8 Å². The van der Waals surface area contributed by atoms with E-state index in [1.165, 1.54) is 58.4 Å². The third-order valence-electron chi connectivity index (χ3n) is 4.29. The number of nitrogens with one attached hydrogen (secondary N) is 1. The van der Waals surface area contributed by atoms with E-state index in [1.807, 2.05) is 7.05 Å². The van der Waals surface area contributed by atoms with E-state index in [2.05, 4.69) is 22.0 Å². The Balaban J connectivity index is 1.59. The highest BCUT2D eigenvalue weighted by Crippen LogP contribution is 2.30. The Morgan fingerprint density at radius 1 is 1.18 bits per heavy atom. The lowest BCUT2D eigenvalue weighted by Crippen LogP contribution is -2.50. The van der Waals surface area contributed by atoms with Gasteiger partial charge in [-0.25, -0.2) is 0 Å². The van der Waals surface area contributed by atoms with Crippen LogP contribution in [0.4, 0.5) is 0 Å². The molecule has 100 valence electrons. The Bertz CT molecular complexity index is 208. The van der Waals surface area contributed by atoms with Gasteiger partial charge in [-0.3, -0.25) is 4.90 Å². The van der Waals surface area contributed by atoms with Crippen molar-refractivity contribution in [3.05, 3.63) is 0 Å². The highest BCUT2D eigenvalue weighted by atomic mass is 15.3. The molecule has 0 bridgehead atoms. The molecular weight excluding hydrogens is 210 g/mol. The van der Waals surface area contributed by atoms with Gasteiger partial charge in [0.2, 0.25) is 0 Å². The van der Waals surface area contributed by atoms with Crippen LogP contribution in [0.25, 0.3) is 0 Å². The van der Waals surface area contributed by atoms with Gasteiger partial charge in [-0.2, -0.15) is 0 Å². The summed E-state index contributed by atoms with van der Waals surface area (Å²) in [4.78, 5) is 5.35. The molecule has 1 N–H and O–H groups in total. The third-order valence-corrected chi connectivity index (χ3v) is 4.29. The first-order chi connectivity index (χ1) is 8.29. The summed E-state index contributed by atoms with van der Waals surface area (Å²) in [6.07, 6.45) is 5.62. The Labute approximate surface area is 107 Å². The van der Waals surface area contributed by atoms with Crippen molar-refractivity contribution < 1.29 is 0 Å². The molecule has 0 spiro atoms. The molecule has 0 aromatic rings. The van der Waals surface area contributed by atoms with Gasteiger partial charge in [0.05, 0.1) is 0 Å². The normalized spacial score (nSPS) is 25.1. The van der Waals surface area contributed by atoms with Crippen molar-refractivity contribution in [2.45, 2.75) is 38.6 Å². The SMILES string of the molecule is CNCCCC(C)N1CCN(CC2CC2)CC1. The molecule has 1 saturated heterocycles. The topological polar surface area (TPSA) is 18.5 Å². The summed E-state index contributed by atoms with van der Waals surface area (Å²) in [6.45, 7) is 10.1. The molecule has 1 aliphatic carbocycles. The fraction of sp³-hybridized carbons (Fsp3) is 1.00. The van der Waals surface area contributed by atoms with Gasteiger partial charge in [0.25, 0.3) is 0 Å². The van der Waals surface area contributed by atoms with Crippen molar-refractivity contribution in [1.82, 2.24) is 15.1 Å². The van der Waals surface area contributed by atoms with Crippen LogP contribution < -0.4 is 5.32 Å². The van der Waals surface area contributed by atoms with E-state index in [4.69, 9.17) is 0 Å². The maximum Gasteiger partial charge on any atom is 0.0113 e. The first-order valence-electron chi connectivity index (χ1n) is 7.40. The largest absolute Gasteiger partial charge is 0.320 e. The van der Waals surface area contributed by atoms with Crippen LogP contribution in [0, 0.1) is 5.92 Å². The highest BCUT2D eigenvalue weighted by molar-refractivity contribution is 4.82. The average molecular weight is 239 g/mol. The second-order valence-corrected chi connectivity index (χ2v) is 5.87. The number of piperazine rings is 1. The van der Waals surface area contributed by atoms with Gasteiger partial charge in [-0.1, -0.05) is 0 Å². The van der Waals surface area contributed by atoms with Crippen molar-refractivity contribution in [2.24, 2.45) is 5.92 Å². The molecule has 2 rings (SSSR count). The zero-order valence-electron chi connectivity index (χ0n) is 11.6. The summed E-state index contributed by atoms with van der Waals surface area (Å²) < 4.78 is 0. The first-order valence-corrected chi connectivity index (χ1v) is 7.40. The molecule has 17 heavy (non-hydrogen) atoms. The fourth-order valence-electron chi connectivity index (χ4n) is 2.81. The van der Waals surface area contributed by atoms with Gasteiger partial charge in [0.1, 0.15) is 0 Å². The van der Waals surface area contributed by atoms with Crippen molar-refractivity contribution in [1.29, 1.82) is 0 Å². The first kappa shape index (κ1) is 13.3. The minimum Gasteiger partial charge on any atom is -0.320 e. The summed E-state index contributed by atoms with van der Waals surface area (Å²) in [5.41, 5.74) is 0. The van der Waals surface area contributed by atoms with E-state index in [9.17, 15) is 0 Å². The zero-order chi connectivity index (χ0) is 12.1. The van der Waals surface area contributed by atoms with Crippen LogP contribution in [-0.4, -0.2) is 62.2 Å². The Hall–Kier alpha value is -0.120. The molecule has 1 aliphatic heterocycles. The highest BCUT2D eigenvalue weighted by Gasteiger charge is 2.27. The maximum atomic E-state index is 3.23. The Kier molecular flexibility index (Phi) is 5.26. The molecule has 1 saturated carbocycles. The van der Waals surface area contributed by atoms with E-state index < -0.39 is 0 Å². The molecule has 1 heterocycles. The molecule has 0 aromatic carbocycles. The van der Waals surface area contributed by atoms with Crippen LogP contribution in [0.5, 0.6) is 0 Å². The monoisotopic (exact) mass is 239 g/mol. The molecule has 2 fully saturated rings. The van der Waals surface area contributed by atoms with Crippen molar-refractivity contribution in [2.75, 3.05) is 46.3 Å². The lowest BCUT2D eigenvalue weighted by atomic mass is 10.1. The van der Waals surface area contributed by atoms with Crippen LogP contribution in [0.15, 0.2) is 0 Å². The molecule has 3 nitrogen and oxygen atoms in total. The molecule has 1 atom stereocenters. The van der Waals surface area contributed by atoms with E-state index in [-0.39, 0.29) is 0 Å². The van der Waals surface area contributed by atoms with E-state index in [0.717, 1.165) is 18.5 Å². The summed E-state index contributed by atoms with van der Waals surface area (Å²) >= 11 is 0. The minimum atomic E-state index is 0.770. The maximum absolute atomic E-state index is 3.23. The van der Waals surface area contributed by atoms with Crippen molar-refractivity contribution >= 4 is 0 Å². The van der Waals surface area contributed by atoms with Crippen LogP contribution >= 0.6 is 0 Å². The number of hydrogen-bond donors (Lipinski definition) is 1. The smallest absolute Gasteiger partial charge is 0.0113 e. The second-order valence-electron chi connectivity index (χ2n) is 5.87. The van der Waals surface area contributed by atoms with E-state index in [0.29, 0.717) is 0 Å². The van der Waals surface area contributed by atoms with Gasteiger partial charge in [-0.15, -0.1) is 0 Å². The molecular formula is C14H29N3. The molecule has 3 heteroatoms. The second kappa shape index (κ2) is 6.72. The molecule has 0 radical (unpaired) electrons. The molecule has 0 aromatic heterocycles. The lowest BCUT2D eigenvalue weighted by molar-refractivity contribution is 0.0952. The van der Waals surface area contributed by atoms with Gasteiger partial charge >= 0.3 is 0 Å².